The number of allylic oxidation sites excluding steroid dienone is 1. The van der Waals surface area contributed by atoms with Crippen molar-refractivity contribution in [2.75, 3.05) is 4.90 Å². The van der Waals surface area contributed by atoms with Gasteiger partial charge in [-0.05, 0) is 59.2 Å². The summed E-state index contributed by atoms with van der Waals surface area (Å²) >= 11 is 1.56. The normalized spacial score (nSPS) is 14.6. The van der Waals surface area contributed by atoms with Crippen molar-refractivity contribution in [3.05, 3.63) is 142 Å². The van der Waals surface area contributed by atoms with E-state index in [0.29, 0.717) is 16.7 Å². The van der Waals surface area contributed by atoms with Crippen LogP contribution in [0.3, 0.4) is 0 Å². The average Bonchev–Trinajstić information content (AvgIpc) is 3.61. The highest BCUT2D eigenvalue weighted by molar-refractivity contribution is 7.17. The molecular weight excluding hydrogens is 577 g/mol. The molecule has 6 nitrogen and oxygen atoms in total. The van der Waals surface area contributed by atoms with Crippen molar-refractivity contribution < 1.29 is 9.59 Å². The van der Waals surface area contributed by atoms with Crippen molar-refractivity contribution in [1.29, 1.82) is 5.26 Å². The number of nitrogens with zero attached hydrogens (tertiary/aromatic N) is 4. The molecule has 0 unspecified atom stereocenters. The fourth-order valence-corrected chi connectivity index (χ4v) is 7.82. The van der Waals surface area contributed by atoms with E-state index in [9.17, 15) is 14.9 Å². The van der Waals surface area contributed by atoms with Crippen molar-refractivity contribution in [3.8, 4) is 17.2 Å². The van der Waals surface area contributed by atoms with Crippen LogP contribution in [0.2, 0.25) is 0 Å². The zero-order chi connectivity index (χ0) is 30.9. The molecule has 8 rings (SSSR count). The first-order chi connectivity index (χ1) is 21.9. The number of aromatic nitrogens is 2. The summed E-state index contributed by atoms with van der Waals surface area (Å²) in [6, 6.07) is 29.7. The van der Waals surface area contributed by atoms with Crippen LogP contribution < -0.4 is 4.90 Å². The van der Waals surface area contributed by atoms with E-state index in [1.807, 2.05) is 36.5 Å². The maximum atomic E-state index is 13.3. The number of hydrogen-bond donors (Lipinski definition) is 0. The fourth-order valence-electron chi connectivity index (χ4n) is 6.53. The zero-order valence-corrected chi connectivity index (χ0v) is 25.2. The molecule has 0 amide bonds. The minimum absolute atomic E-state index is 0.190. The first-order valence-electron chi connectivity index (χ1n) is 14.5. The number of rotatable bonds is 3. The van der Waals surface area contributed by atoms with Crippen molar-refractivity contribution in [2.45, 2.75) is 19.3 Å². The molecule has 0 bridgehead atoms. The lowest BCUT2D eigenvalue weighted by atomic mass is 9.74. The van der Waals surface area contributed by atoms with Gasteiger partial charge in [-0.25, -0.2) is 0 Å². The Hall–Kier alpha value is -5.71. The lowest BCUT2D eigenvalue weighted by Gasteiger charge is -2.40. The highest BCUT2D eigenvalue weighted by atomic mass is 32.1. The van der Waals surface area contributed by atoms with Gasteiger partial charge in [0.2, 0.25) is 0 Å². The molecule has 0 atom stereocenters. The molecular formula is C38H24N4O2S. The van der Waals surface area contributed by atoms with Gasteiger partial charge < -0.3 is 4.90 Å². The molecule has 6 aromatic rings. The average molecular weight is 601 g/mol. The molecule has 3 aromatic carbocycles. The summed E-state index contributed by atoms with van der Waals surface area (Å²) in [6.45, 7) is 4.39. The van der Waals surface area contributed by atoms with Gasteiger partial charge in [-0.15, -0.1) is 11.3 Å². The number of carbonyl (C=O) groups is 2. The van der Waals surface area contributed by atoms with Gasteiger partial charge in [-0.3, -0.25) is 19.6 Å². The predicted molar refractivity (Wildman–Crippen MR) is 177 cm³/mol. The molecule has 0 spiro atoms. The second-order valence-electron chi connectivity index (χ2n) is 11.7. The summed E-state index contributed by atoms with van der Waals surface area (Å²) in [7, 11) is 0. The molecule has 1 aliphatic carbocycles. The number of Topliss-reactive ketones (excluding diaryl/α,β-unsaturated/α-hetero) is 2. The van der Waals surface area contributed by atoms with Gasteiger partial charge in [0, 0.05) is 51.0 Å². The third kappa shape index (κ3) is 4.00. The maximum absolute atomic E-state index is 13.3. The minimum atomic E-state index is -0.445. The van der Waals surface area contributed by atoms with Crippen LogP contribution in [0.15, 0.2) is 109 Å². The molecule has 214 valence electrons. The number of ketones is 2. The Morgan fingerprint density at radius 2 is 1.58 bits per heavy atom. The molecule has 45 heavy (non-hydrogen) atoms. The number of anilines is 3. The Balaban J connectivity index is 1.36. The molecule has 2 aliphatic rings. The number of carbonyl (C=O) groups excluding carboxylic acids is 2. The van der Waals surface area contributed by atoms with E-state index >= 15 is 0 Å². The van der Waals surface area contributed by atoms with Crippen molar-refractivity contribution >= 4 is 56.3 Å². The molecule has 0 radical (unpaired) electrons. The predicted octanol–water partition coefficient (Wildman–Crippen LogP) is 8.80. The number of para-hydroxylation sites is 1. The first-order valence-corrected chi connectivity index (χ1v) is 15.4. The van der Waals surface area contributed by atoms with Crippen LogP contribution in [-0.2, 0) is 5.41 Å². The number of pyridine rings is 2. The summed E-state index contributed by atoms with van der Waals surface area (Å²) in [4.78, 5) is 38.4. The standard InChI is InChI=1S/C38H24N4O2S/c1-38(2)30-17-22(25-13-15-40-21-23(25)20-39)11-12-34(30)42(33-14-16-41-32-10-6-5-9-28(32)33)37-31(38)19-24(45-37)18-29-35(43)26-7-3-4-8-27(26)36(29)44/h3-19,21H,1-2H3. The Labute approximate surface area is 263 Å². The number of benzene rings is 3. The van der Waals surface area contributed by atoms with Gasteiger partial charge in [0.25, 0.3) is 0 Å². The van der Waals surface area contributed by atoms with Crippen molar-refractivity contribution in [3.63, 3.8) is 0 Å². The molecule has 0 saturated carbocycles. The van der Waals surface area contributed by atoms with E-state index in [1.54, 1.807) is 54.1 Å². The number of thiophene rings is 1. The second kappa shape index (κ2) is 9.91. The Bertz CT molecular complexity index is 2280. The van der Waals surface area contributed by atoms with Crippen LogP contribution >= 0.6 is 11.3 Å². The summed E-state index contributed by atoms with van der Waals surface area (Å²) in [5, 5.41) is 11.8. The van der Waals surface area contributed by atoms with Crippen LogP contribution in [0.5, 0.6) is 0 Å². The van der Waals surface area contributed by atoms with Gasteiger partial charge in [0.15, 0.2) is 11.6 Å². The first kappa shape index (κ1) is 26.9. The van der Waals surface area contributed by atoms with Crippen LogP contribution in [0.1, 0.15) is 56.1 Å². The lowest BCUT2D eigenvalue weighted by molar-refractivity contribution is 0.0990. The number of nitriles is 1. The zero-order valence-electron chi connectivity index (χ0n) is 24.4. The summed E-state index contributed by atoms with van der Waals surface area (Å²) in [5.41, 5.74) is 7.97. The molecule has 1 aliphatic heterocycles. The van der Waals surface area contributed by atoms with E-state index in [2.05, 4.69) is 65.1 Å². The van der Waals surface area contributed by atoms with E-state index in [0.717, 1.165) is 54.4 Å². The molecule has 0 saturated heterocycles. The summed E-state index contributed by atoms with van der Waals surface area (Å²) in [5.74, 6) is -0.478. The third-order valence-electron chi connectivity index (χ3n) is 8.83. The summed E-state index contributed by atoms with van der Waals surface area (Å²) in [6.07, 6.45) is 6.87. The lowest BCUT2D eigenvalue weighted by Crippen LogP contribution is -2.29. The van der Waals surface area contributed by atoms with Gasteiger partial charge in [0.1, 0.15) is 11.1 Å². The quantitative estimate of drug-likeness (QED) is 0.149. The van der Waals surface area contributed by atoms with E-state index in [4.69, 9.17) is 0 Å². The van der Waals surface area contributed by atoms with E-state index in [1.165, 1.54) is 0 Å². The van der Waals surface area contributed by atoms with Gasteiger partial charge in [-0.1, -0.05) is 62.4 Å². The van der Waals surface area contributed by atoms with Crippen LogP contribution in [0, 0.1) is 11.3 Å². The molecule has 7 heteroatoms. The van der Waals surface area contributed by atoms with Crippen LogP contribution in [0.4, 0.5) is 16.4 Å². The van der Waals surface area contributed by atoms with E-state index in [-0.39, 0.29) is 17.1 Å². The molecule has 0 N–H and O–H groups in total. The second-order valence-corrected chi connectivity index (χ2v) is 12.8. The Morgan fingerprint density at radius 3 is 2.36 bits per heavy atom. The third-order valence-corrected chi connectivity index (χ3v) is 9.90. The van der Waals surface area contributed by atoms with Gasteiger partial charge >= 0.3 is 0 Å². The molecule has 4 heterocycles. The van der Waals surface area contributed by atoms with Crippen LogP contribution in [0.25, 0.3) is 28.1 Å². The topological polar surface area (TPSA) is 86.9 Å². The smallest absolute Gasteiger partial charge is 0.197 e. The monoisotopic (exact) mass is 600 g/mol. The largest absolute Gasteiger partial charge is 0.301 e. The fraction of sp³-hybridized carbons (Fsp3) is 0.0789. The highest BCUT2D eigenvalue weighted by Crippen LogP contribution is 2.56. The van der Waals surface area contributed by atoms with E-state index < -0.39 is 5.41 Å². The molecule has 0 fully saturated rings. The highest BCUT2D eigenvalue weighted by Gasteiger charge is 2.40. The van der Waals surface area contributed by atoms with Crippen molar-refractivity contribution in [2.24, 2.45) is 0 Å². The van der Waals surface area contributed by atoms with Gasteiger partial charge in [0.05, 0.1) is 28.0 Å². The number of fused-ring (bicyclic) bond motifs is 4. The number of hydrogen-bond acceptors (Lipinski definition) is 7. The summed E-state index contributed by atoms with van der Waals surface area (Å²) < 4.78 is 0. The van der Waals surface area contributed by atoms with Crippen LogP contribution in [-0.4, -0.2) is 21.5 Å². The Morgan fingerprint density at radius 1 is 0.822 bits per heavy atom. The molecule has 3 aromatic heterocycles. The van der Waals surface area contributed by atoms with Gasteiger partial charge in [-0.2, -0.15) is 5.26 Å². The maximum Gasteiger partial charge on any atom is 0.197 e. The SMILES string of the molecule is CC1(C)c2cc(-c3ccncc3C#N)ccc2N(c2ccnc3ccccc23)c2sc(C=C3C(=O)c4ccccc4C3=O)cc21. The Kier molecular flexibility index (Phi) is 5.92. The van der Waals surface area contributed by atoms with Crippen molar-refractivity contribution in [1.82, 2.24) is 9.97 Å². The minimum Gasteiger partial charge on any atom is -0.301 e.